The summed E-state index contributed by atoms with van der Waals surface area (Å²) in [5.41, 5.74) is 0. The minimum atomic E-state index is -3.74. The minimum absolute atomic E-state index is 0.178. The van der Waals surface area contributed by atoms with Crippen molar-refractivity contribution < 1.29 is 17.2 Å². The van der Waals surface area contributed by atoms with Crippen LogP contribution in [0.2, 0.25) is 0 Å². The fourth-order valence-electron chi connectivity index (χ4n) is 2.97. The molecular formula is C13H16F2N2O2S. The number of hydrogen-bond donors (Lipinski definition) is 0. The molecule has 0 radical (unpaired) electrons. The maximum Gasteiger partial charge on any atom is 0.243 e. The van der Waals surface area contributed by atoms with Gasteiger partial charge in [-0.2, -0.15) is 4.31 Å². The third-order valence-electron chi connectivity index (χ3n) is 4.08. The van der Waals surface area contributed by atoms with Crippen LogP contribution in [-0.4, -0.2) is 49.8 Å². The number of piperazine rings is 1. The van der Waals surface area contributed by atoms with E-state index >= 15 is 0 Å². The van der Waals surface area contributed by atoms with Crippen molar-refractivity contribution in [3.8, 4) is 0 Å². The summed E-state index contributed by atoms with van der Waals surface area (Å²) >= 11 is 0. The average Bonchev–Trinajstić information content (AvgIpc) is 2.89. The number of sulfonamides is 1. The van der Waals surface area contributed by atoms with Crippen LogP contribution in [0.25, 0.3) is 0 Å². The molecule has 0 aromatic heterocycles. The van der Waals surface area contributed by atoms with Gasteiger partial charge in [0.05, 0.1) is 4.90 Å². The molecule has 1 unspecified atom stereocenters. The normalized spacial score (nSPS) is 24.8. The molecule has 2 heterocycles. The monoisotopic (exact) mass is 302 g/mol. The van der Waals surface area contributed by atoms with E-state index in [2.05, 4.69) is 4.90 Å². The van der Waals surface area contributed by atoms with Crippen LogP contribution in [0.3, 0.4) is 0 Å². The van der Waals surface area contributed by atoms with Gasteiger partial charge in [-0.15, -0.1) is 0 Å². The highest BCUT2D eigenvalue weighted by Gasteiger charge is 2.36. The maximum atomic E-state index is 13.2. The highest BCUT2D eigenvalue weighted by Crippen LogP contribution is 2.26. The molecule has 3 rings (SSSR count). The van der Waals surface area contributed by atoms with E-state index in [0.29, 0.717) is 19.6 Å². The van der Waals surface area contributed by atoms with Crippen molar-refractivity contribution in [2.24, 2.45) is 0 Å². The molecule has 0 aliphatic carbocycles. The molecule has 0 bridgehead atoms. The first-order chi connectivity index (χ1) is 9.48. The molecule has 0 N–H and O–H groups in total. The largest absolute Gasteiger partial charge is 0.298 e. The van der Waals surface area contributed by atoms with Crippen LogP contribution in [0.1, 0.15) is 12.8 Å². The first-order valence-electron chi connectivity index (χ1n) is 6.68. The third-order valence-corrected chi connectivity index (χ3v) is 5.94. The Hall–Kier alpha value is -1.05. The van der Waals surface area contributed by atoms with Crippen LogP contribution < -0.4 is 0 Å². The van der Waals surface area contributed by atoms with Crippen molar-refractivity contribution in [3.05, 3.63) is 29.8 Å². The molecule has 0 amide bonds. The van der Waals surface area contributed by atoms with Crippen LogP contribution in [0.15, 0.2) is 23.1 Å². The van der Waals surface area contributed by atoms with E-state index in [0.717, 1.165) is 37.6 Å². The van der Waals surface area contributed by atoms with Gasteiger partial charge in [-0.3, -0.25) is 4.90 Å². The summed E-state index contributed by atoms with van der Waals surface area (Å²) in [4.78, 5) is 2.11. The highest BCUT2D eigenvalue weighted by molar-refractivity contribution is 7.89. The molecule has 2 saturated heterocycles. The van der Waals surface area contributed by atoms with Crippen molar-refractivity contribution in [1.82, 2.24) is 9.21 Å². The summed E-state index contributed by atoms with van der Waals surface area (Å²) in [5, 5.41) is 0. The minimum Gasteiger partial charge on any atom is -0.298 e. The second-order valence-electron chi connectivity index (χ2n) is 5.27. The standard InChI is InChI=1S/C13H16F2N2O2S/c14-12-4-3-11(8-13(12)15)20(18,19)17-7-6-16-5-1-2-10(16)9-17/h3-4,8,10H,1-2,5-7,9H2. The van der Waals surface area contributed by atoms with Crippen molar-refractivity contribution >= 4 is 10.0 Å². The summed E-state index contributed by atoms with van der Waals surface area (Å²) < 4.78 is 52.4. The molecule has 2 fully saturated rings. The first-order valence-corrected chi connectivity index (χ1v) is 8.12. The highest BCUT2D eigenvalue weighted by atomic mass is 32.2. The lowest BCUT2D eigenvalue weighted by Gasteiger charge is -2.36. The van der Waals surface area contributed by atoms with Gasteiger partial charge in [-0.05, 0) is 37.6 Å². The summed E-state index contributed by atoms with van der Waals surface area (Å²) in [5.74, 6) is -2.17. The number of rotatable bonds is 2. The Morgan fingerprint density at radius 1 is 1.10 bits per heavy atom. The molecule has 0 spiro atoms. The number of nitrogens with zero attached hydrogens (tertiary/aromatic N) is 2. The molecule has 7 heteroatoms. The zero-order valence-electron chi connectivity index (χ0n) is 10.9. The summed E-state index contributed by atoms with van der Waals surface area (Å²) in [6, 6.07) is 2.98. The van der Waals surface area contributed by atoms with Gasteiger partial charge in [0.25, 0.3) is 0 Å². The molecule has 2 aliphatic heterocycles. The summed E-state index contributed by atoms with van der Waals surface area (Å²) in [7, 11) is -3.74. The molecule has 110 valence electrons. The van der Waals surface area contributed by atoms with E-state index < -0.39 is 21.7 Å². The molecule has 4 nitrogen and oxygen atoms in total. The van der Waals surface area contributed by atoms with Crippen LogP contribution in [0, 0.1) is 11.6 Å². The summed E-state index contributed by atoms with van der Waals surface area (Å²) in [6.45, 7) is 2.55. The van der Waals surface area contributed by atoms with Gasteiger partial charge in [0.2, 0.25) is 10.0 Å². The van der Waals surface area contributed by atoms with Crippen LogP contribution in [0.4, 0.5) is 8.78 Å². The molecule has 0 saturated carbocycles. The smallest absolute Gasteiger partial charge is 0.243 e. The van der Waals surface area contributed by atoms with E-state index in [-0.39, 0.29) is 10.9 Å². The van der Waals surface area contributed by atoms with Crippen molar-refractivity contribution in [3.63, 3.8) is 0 Å². The van der Waals surface area contributed by atoms with Crippen LogP contribution >= 0.6 is 0 Å². The fraction of sp³-hybridized carbons (Fsp3) is 0.538. The third kappa shape index (κ3) is 2.34. The SMILES string of the molecule is O=S(=O)(c1ccc(F)c(F)c1)N1CCN2CCCC2C1. The predicted molar refractivity (Wildman–Crippen MR) is 69.7 cm³/mol. The summed E-state index contributed by atoms with van der Waals surface area (Å²) in [6.07, 6.45) is 2.08. The van der Waals surface area contributed by atoms with Gasteiger partial charge in [0, 0.05) is 25.7 Å². The quantitative estimate of drug-likeness (QED) is 0.830. The zero-order valence-corrected chi connectivity index (χ0v) is 11.7. The van der Waals surface area contributed by atoms with Crippen molar-refractivity contribution in [1.29, 1.82) is 0 Å². The second-order valence-corrected chi connectivity index (χ2v) is 7.21. The number of fused-ring (bicyclic) bond motifs is 1. The molecule has 1 aromatic carbocycles. The Kier molecular flexibility index (Phi) is 3.51. The molecule has 1 aromatic rings. The Bertz CT molecular complexity index is 621. The lowest BCUT2D eigenvalue weighted by molar-refractivity contribution is 0.158. The van der Waals surface area contributed by atoms with Gasteiger partial charge in [-0.25, -0.2) is 17.2 Å². The Labute approximate surface area is 117 Å². The van der Waals surface area contributed by atoms with Gasteiger partial charge >= 0.3 is 0 Å². The van der Waals surface area contributed by atoms with E-state index in [4.69, 9.17) is 0 Å². The van der Waals surface area contributed by atoms with E-state index in [1.54, 1.807) is 0 Å². The first kappa shape index (κ1) is 13.9. The Morgan fingerprint density at radius 2 is 1.90 bits per heavy atom. The number of hydrogen-bond acceptors (Lipinski definition) is 3. The predicted octanol–water partition coefficient (Wildman–Crippen LogP) is 1.43. The van der Waals surface area contributed by atoms with Crippen molar-refractivity contribution in [2.75, 3.05) is 26.2 Å². The van der Waals surface area contributed by atoms with Crippen molar-refractivity contribution in [2.45, 2.75) is 23.8 Å². The average molecular weight is 302 g/mol. The number of halogens is 2. The number of benzene rings is 1. The van der Waals surface area contributed by atoms with Gasteiger partial charge < -0.3 is 0 Å². The van der Waals surface area contributed by atoms with Gasteiger partial charge in [-0.1, -0.05) is 0 Å². The molecule has 1 atom stereocenters. The second kappa shape index (κ2) is 5.05. The van der Waals surface area contributed by atoms with Crippen LogP contribution in [-0.2, 0) is 10.0 Å². The van der Waals surface area contributed by atoms with E-state index in [1.165, 1.54) is 4.31 Å². The molecular weight excluding hydrogens is 286 g/mol. The van der Waals surface area contributed by atoms with Crippen LogP contribution in [0.5, 0.6) is 0 Å². The molecule has 2 aliphatic rings. The van der Waals surface area contributed by atoms with E-state index in [9.17, 15) is 17.2 Å². The fourth-order valence-corrected chi connectivity index (χ4v) is 4.45. The van der Waals surface area contributed by atoms with E-state index in [1.807, 2.05) is 0 Å². The van der Waals surface area contributed by atoms with Gasteiger partial charge in [0.15, 0.2) is 11.6 Å². The Balaban J connectivity index is 1.86. The molecule has 20 heavy (non-hydrogen) atoms. The Morgan fingerprint density at radius 3 is 2.65 bits per heavy atom. The lowest BCUT2D eigenvalue weighted by atomic mass is 10.2. The maximum absolute atomic E-state index is 13.2. The topological polar surface area (TPSA) is 40.6 Å². The zero-order chi connectivity index (χ0) is 14.3. The van der Waals surface area contributed by atoms with Gasteiger partial charge in [0.1, 0.15) is 0 Å². The lowest BCUT2D eigenvalue weighted by Crippen LogP contribution is -2.51.